The van der Waals surface area contributed by atoms with E-state index in [1.165, 1.54) is 86.7 Å². The van der Waals surface area contributed by atoms with Gasteiger partial charge in [-0.15, -0.1) is 11.3 Å². The highest BCUT2D eigenvalue weighted by atomic mass is 32.1. The van der Waals surface area contributed by atoms with Gasteiger partial charge in [0.2, 0.25) is 0 Å². The molecule has 1 aliphatic carbocycles. The summed E-state index contributed by atoms with van der Waals surface area (Å²) in [6.45, 7) is 4.70. The van der Waals surface area contributed by atoms with Crippen molar-refractivity contribution in [3.8, 4) is 27.9 Å². The van der Waals surface area contributed by atoms with Crippen LogP contribution in [0.3, 0.4) is 0 Å². The lowest BCUT2D eigenvalue weighted by Crippen LogP contribution is -2.15. The molecule has 0 aliphatic heterocycles. The Morgan fingerprint density at radius 1 is 0.463 bits per heavy atom. The van der Waals surface area contributed by atoms with E-state index in [1.807, 2.05) is 11.3 Å². The molecule has 2 aromatic heterocycles. The Morgan fingerprint density at radius 3 is 1.83 bits per heavy atom. The molecule has 54 heavy (non-hydrogen) atoms. The van der Waals surface area contributed by atoms with E-state index in [-0.39, 0.29) is 5.41 Å². The van der Waals surface area contributed by atoms with Crippen molar-refractivity contribution in [2.45, 2.75) is 19.3 Å². The summed E-state index contributed by atoms with van der Waals surface area (Å²) in [6, 6.07) is 67.0. The van der Waals surface area contributed by atoms with Gasteiger partial charge in [0.05, 0.1) is 27.1 Å². The molecule has 0 amide bonds. The molecule has 0 atom stereocenters. The average molecular weight is 709 g/mol. The van der Waals surface area contributed by atoms with Gasteiger partial charge >= 0.3 is 0 Å². The van der Waals surface area contributed by atoms with Crippen LogP contribution < -0.4 is 4.90 Å². The third-order valence-electron chi connectivity index (χ3n) is 11.6. The second-order valence-corrected chi connectivity index (χ2v) is 16.0. The summed E-state index contributed by atoms with van der Waals surface area (Å²) in [6.07, 6.45) is 0. The molecular formula is C51H36N2S. The molecular weight excluding hydrogens is 673 g/mol. The molecule has 3 heteroatoms. The van der Waals surface area contributed by atoms with Crippen molar-refractivity contribution in [1.82, 2.24) is 4.57 Å². The highest BCUT2D eigenvalue weighted by Crippen LogP contribution is 2.52. The van der Waals surface area contributed by atoms with Crippen molar-refractivity contribution in [3.05, 3.63) is 193 Å². The van der Waals surface area contributed by atoms with Crippen molar-refractivity contribution in [1.29, 1.82) is 0 Å². The van der Waals surface area contributed by atoms with Crippen molar-refractivity contribution >= 4 is 70.4 Å². The Kier molecular flexibility index (Phi) is 6.80. The smallest absolute Gasteiger partial charge is 0.0640 e. The number of aromatic nitrogens is 1. The first-order valence-electron chi connectivity index (χ1n) is 18.7. The maximum absolute atomic E-state index is 2.47. The van der Waals surface area contributed by atoms with Gasteiger partial charge < -0.3 is 9.47 Å². The van der Waals surface area contributed by atoms with Crippen LogP contribution in [0.1, 0.15) is 25.0 Å². The Hall–Kier alpha value is -6.42. The fraction of sp³-hybridized carbons (Fsp3) is 0.0588. The molecule has 1 aliphatic rings. The van der Waals surface area contributed by atoms with Gasteiger partial charge in [-0.1, -0.05) is 141 Å². The summed E-state index contributed by atoms with van der Waals surface area (Å²) in [5.74, 6) is 0. The van der Waals surface area contributed by atoms with E-state index in [9.17, 15) is 0 Å². The zero-order valence-electron chi connectivity index (χ0n) is 30.1. The maximum Gasteiger partial charge on any atom is 0.0640 e. The molecule has 0 unspecified atom stereocenters. The van der Waals surface area contributed by atoms with Gasteiger partial charge in [0.25, 0.3) is 0 Å². The molecule has 0 bridgehead atoms. The molecule has 8 aromatic carbocycles. The average Bonchev–Trinajstić information content (AvgIpc) is 3.84. The first kappa shape index (κ1) is 31.1. The van der Waals surface area contributed by atoms with Gasteiger partial charge in [0.1, 0.15) is 0 Å². The van der Waals surface area contributed by atoms with Crippen LogP contribution in [-0.2, 0) is 5.41 Å². The molecule has 10 aromatic rings. The number of rotatable bonds is 5. The van der Waals surface area contributed by atoms with Gasteiger partial charge in [0.15, 0.2) is 0 Å². The molecule has 2 heterocycles. The largest absolute Gasteiger partial charge is 0.309 e. The van der Waals surface area contributed by atoms with E-state index < -0.39 is 0 Å². The van der Waals surface area contributed by atoms with Gasteiger partial charge in [-0.05, 0) is 82.4 Å². The molecule has 0 fully saturated rings. The third-order valence-corrected chi connectivity index (χ3v) is 12.8. The summed E-state index contributed by atoms with van der Waals surface area (Å²) >= 11 is 1.88. The van der Waals surface area contributed by atoms with Crippen LogP contribution >= 0.6 is 11.3 Å². The monoisotopic (exact) mass is 708 g/mol. The van der Waals surface area contributed by atoms with Crippen LogP contribution in [0.25, 0.3) is 69.9 Å². The van der Waals surface area contributed by atoms with Gasteiger partial charge in [-0.3, -0.25) is 0 Å². The van der Waals surface area contributed by atoms with Crippen molar-refractivity contribution in [3.63, 3.8) is 0 Å². The normalized spacial score (nSPS) is 13.1. The number of benzene rings is 8. The Bertz CT molecular complexity index is 3030. The fourth-order valence-corrected chi connectivity index (χ4v) is 10.3. The second kappa shape index (κ2) is 11.8. The minimum absolute atomic E-state index is 0.0494. The first-order valence-corrected chi connectivity index (χ1v) is 19.5. The predicted molar refractivity (Wildman–Crippen MR) is 231 cm³/mol. The number of para-hydroxylation sites is 3. The Labute approximate surface area is 318 Å². The van der Waals surface area contributed by atoms with Crippen LogP contribution in [0.2, 0.25) is 0 Å². The zero-order chi connectivity index (χ0) is 36.0. The van der Waals surface area contributed by atoms with Crippen LogP contribution in [0.15, 0.2) is 182 Å². The summed E-state index contributed by atoms with van der Waals surface area (Å²) in [5.41, 5.74) is 14.8. The highest BCUT2D eigenvalue weighted by Gasteiger charge is 2.35. The predicted octanol–water partition coefficient (Wildman–Crippen LogP) is 14.6. The van der Waals surface area contributed by atoms with Crippen LogP contribution in [0, 0.1) is 0 Å². The van der Waals surface area contributed by atoms with E-state index in [0.717, 1.165) is 11.4 Å². The van der Waals surface area contributed by atoms with E-state index in [0.29, 0.717) is 0 Å². The fourth-order valence-electron chi connectivity index (χ4n) is 9.07. The van der Waals surface area contributed by atoms with Crippen molar-refractivity contribution in [2.24, 2.45) is 0 Å². The minimum atomic E-state index is -0.0494. The van der Waals surface area contributed by atoms with E-state index in [4.69, 9.17) is 0 Å². The zero-order valence-corrected chi connectivity index (χ0v) is 30.9. The standard InChI is InChI=1S/C51H36N2S/c1-51(2)43-20-8-3-15-37(43)42-32-35(30-31-44(42)51)52(48-24-13-19-41-40-18-7-12-25-49(40)54-50(41)48)34-28-26-33(27-29-34)36-14-4-9-21-45(36)53-46-22-10-5-16-38(46)39-17-6-11-23-47(39)53/h3-32H,1-2H3. The van der Waals surface area contributed by atoms with Gasteiger partial charge in [0, 0.05) is 48.6 Å². The third kappa shape index (κ3) is 4.52. The molecule has 0 saturated heterocycles. The Balaban J connectivity index is 1.10. The summed E-state index contributed by atoms with van der Waals surface area (Å²) < 4.78 is 5.02. The summed E-state index contributed by atoms with van der Waals surface area (Å²) in [7, 11) is 0. The highest BCUT2D eigenvalue weighted by molar-refractivity contribution is 7.26. The number of thiophene rings is 1. The quantitative estimate of drug-likeness (QED) is 0.173. The molecule has 0 saturated carbocycles. The number of hydrogen-bond acceptors (Lipinski definition) is 2. The topological polar surface area (TPSA) is 8.17 Å². The minimum Gasteiger partial charge on any atom is -0.309 e. The summed E-state index contributed by atoms with van der Waals surface area (Å²) in [4.78, 5) is 2.47. The molecule has 2 nitrogen and oxygen atoms in total. The lowest BCUT2D eigenvalue weighted by molar-refractivity contribution is 0.660. The van der Waals surface area contributed by atoms with Gasteiger partial charge in [-0.25, -0.2) is 0 Å². The number of nitrogens with zero attached hydrogens (tertiary/aromatic N) is 2. The first-order chi connectivity index (χ1) is 26.6. The molecule has 256 valence electrons. The van der Waals surface area contributed by atoms with E-state index >= 15 is 0 Å². The van der Waals surface area contributed by atoms with Gasteiger partial charge in [-0.2, -0.15) is 0 Å². The van der Waals surface area contributed by atoms with Crippen molar-refractivity contribution in [2.75, 3.05) is 4.90 Å². The summed E-state index contributed by atoms with van der Waals surface area (Å²) in [5, 5.41) is 5.14. The maximum atomic E-state index is 2.47. The Morgan fingerprint density at radius 2 is 1.06 bits per heavy atom. The molecule has 0 spiro atoms. The lowest BCUT2D eigenvalue weighted by Gasteiger charge is -2.28. The van der Waals surface area contributed by atoms with E-state index in [1.54, 1.807) is 0 Å². The molecule has 0 N–H and O–H groups in total. The molecule has 0 radical (unpaired) electrons. The SMILES string of the molecule is CC1(C)c2ccccc2-c2cc(N(c3ccc(-c4ccccc4-n4c5ccccc5c5ccccc54)cc3)c3cccc4c3sc3ccccc34)ccc21. The van der Waals surface area contributed by atoms with Crippen LogP contribution in [0.4, 0.5) is 17.1 Å². The number of hydrogen-bond donors (Lipinski definition) is 0. The lowest BCUT2D eigenvalue weighted by atomic mass is 9.82. The van der Waals surface area contributed by atoms with E-state index in [2.05, 4.69) is 205 Å². The number of anilines is 3. The van der Waals surface area contributed by atoms with Crippen LogP contribution in [-0.4, -0.2) is 4.57 Å². The second-order valence-electron chi connectivity index (χ2n) is 14.9. The number of fused-ring (bicyclic) bond motifs is 9. The van der Waals surface area contributed by atoms with Crippen LogP contribution in [0.5, 0.6) is 0 Å². The molecule has 11 rings (SSSR count). The van der Waals surface area contributed by atoms with Crippen molar-refractivity contribution < 1.29 is 0 Å².